The highest BCUT2D eigenvalue weighted by Crippen LogP contribution is 2.19. The number of rotatable bonds is 5. The molecule has 1 aliphatic heterocycles. The second-order valence-electron chi connectivity index (χ2n) is 5.39. The predicted molar refractivity (Wildman–Crippen MR) is 86.4 cm³/mol. The molecule has 2 rings (SSSR count). The molecule has 0 aliphatic carbocycles. The molecule has 0 spiro atoms. The lowest BCUT2D eigenvalue weighted by Gasteiger charge is -2.35. The third-order valence-corrected chi connectivity index (χ3v) is 6.70. The third-order valence-electron chi connectivity index (χ3n) is 3.78. The lowest BCUT2D eigenvalue weighted by molar-refractivity contribution is -0.125. The number of sulfonamides is 1. The Morgan fingerprint density at radius 1 is 1.39 bits per heavy atom. The maximum absolute atomic E-state index is 12.2. The number of urea groups is 1. The van der Waals surface area contributed by atoms with Crippen LogP contribution in [0.2, 0.25) is 0 Å². The molecule has 0 radical (unpaired) electrons. The molecule has 0 aromatic carbocycles. The number of nitrogens with one attached hydrogen (secondary N) is 2. The number of likely N-dealkylation sites (tertiary alicyclic amines) is 1. The number of carbonyl (C=O) groups excluding carboxylic acids is 2. The third kappa shape index (κ3) is 4.74. The van der Waals surface area contributed by atoms with Crippen LogP contribution in [-0.2, 0) is 14.8 Å². The van der Waals surface area contributed by atoms with E-state index in [2.05, 4.69) is 10.0 Å². The number of hydrogen-bond acceptors (Lipinski definition) is 6. The fourth-order valence-corrected chi connectivity index (χ4v) is 4.80. The summed E-state index contributed by atoms with van der Waals surface area (Å²) in [6.45, 7) is 2.81. The maximum atomic E-state index is 12.2. The zero-order valence-corrected chi connectivity index (χ0v) is 14.3. The van der Waals surface area contributed by atoms with Crippen molar-refractivity contribution in [1.82, 2.24) is 14.9 Å². The Morgan fingerprint density at radius 2 is 2.04 bits per heavy atom. The van der Waals surface area contributed by atoms with E-state index >= 15 is 0 Å². The molecule has 1 aromatic heterocycles. The number of thiophene rings is 1. The average molecular weight is 360 g/mol. The smallest absolute Gasteiger partial charge is 0.318 e. The molecule has 3 amide bonds. The number of carbonyl (C=O) groups is 2. The highest BCUT2D eigenvalue weighted by molar-refractivity contribution is 7.91. The van der Waals surface area contributed by atoms with Crippen LogP contribution in [0.3, 0.4) is 0 Å². The van der Waals surface area contributed by atoms with Gasteiger partial charge in [-0.15, -0.1) is 11.3 Å². The Labute approximate surface area is 139 Å². The van der Waals surface area contributed by atoms with Crippen LogP contribution in [0, 0.1) is 0 Å². The number of piperidine rings is 1. The highest BCUT2D eigenvalue weighted by Gasteiger charge is 2.29. The fourth-order valence-electron chi connectivity index (χ4n) is 2.49. The summed E-state index contributed by atoms with van der Waals surface area (Å²) in [6.07, 6.45) is 1.19. The Kier molecular flexibility index (Phi) is 5.74. The summed E-state index contributed by atoms with van der Waals surface area (Å²) >= 11 is 1.18. The van der Waals surface area contributed by atoms with Gasteiger partial charge in [-0.1, -0.05) is 6.07 Å². The Hall–Kier alpha value is -1.49. The normalized spacial score (nSPS) is 18.5. The van der Waals surface area contributed by atoms with Gasteiger partial charge >= 0.3 is 6.03 Å². The monoisotopic (exact) mass is 360 g/mol. The van der Waals surface area contributed by atoms with Crippen molar-refractivity contribution < 1.29 is 18.0 Å². The van der Waals surface area contributed by atoms with Gasteiger partial charge in [0.2, 0.25) is 15.9 Å². The number of hydrogen-bond donors (Lipinski definition) is 3. The van der Waals surface area contributed by atoms with Crippen molar-refractivity contribution in [2.24, 2.45) is 5.73 Å². The van der Waals surface area contributed by atoms with Gasteiger partial charge in [-0.2, -0.15) is 0 Å². The summed E-state index contributed by atoms with van der Waals surface area (Å²) in [5, 5.41) is 3.77. The molecular weight excluding hydrogens is 340 g/mol. The van der Waals surface area contributed by atoms with E-state index in [-0.39, 0.29) is 6.04 Å². The van der Waals surface area contributed by atoms with Crippen LogP contribution >= 0.6 is 11.3 Å². The molecule has 1 aliphatic rings. The van der Waals surface area contributed by atoms with Crippen molar-refractivity contribution in [2.45, 2.75) is 36.1 Å². The van der Waals surface area contributed by atoms with E-state index in [0.29, 0.717) is 30.1 Å². The van der Waals surface area contributed by atoms with Gasteiger partial charge in [0.15, 0.2) is 0 Å². The van der Waals surface area contributed by atoms with Crippen molar-refractivity contribution in [2.75, 3.05) is 13.1 Å². The molecule has 1 fully saturated rings. The quantitative estimate of drug-likeness (QED) is 0.686. The molecule has 23 heavy (non-hydrogen) atoms. The van der Waals surface area contributed by atoms with Gasteiger partial charge in [0.25, 0.3) is 0 Å². The Bertz CT molecular complexity index is 652. The second-order valence-corrected chi connectivity index (χ2v) is 8.28. The summed E-state index contributed by atoms with van der Waals surface area (Å²) in [6, 6.07) is 1.74. The van der Waals surface area contributed by atoms with Crippen molar-refractivity contribution in [1.29, 1.82) is 0 Å². The first-order valence-electron chi connectivity index (χ1n) is 7.20. The predicted octanol–water partition coefficient (Wildman–Crippen LogP) is 0.0742. The Balaban J connectivity index is 1.87. The van der Waals surface area contributed by atoms with Crippen LogP contribution in [0.1, 0.15) is 19.8 Å². The topological polar surface area (TPSA) is 122 Å². The highest BCUT2D eigenvalue weighted by atomic mass is 32.2. The van der Waals surface area contributed by atoms with Crippen LogP contribution in [0.5, 0.6) is 0 Å². The lowest BCUT2D eigenvalue weighted by atomic mass is 10.0. The molecule has 2 heterocycles. The first-order chi connectivity index (χ1) is 10.8. The number of imide groups is 1. The minimum Gasteiger partial charge on any atom is -0.351 e. The zero-order valence-electron chi connectivity index (χ0n) is 12.7. The van der Waals surface area contributed by atoms with Gasteiger partial charge < -0.3 is 5.73 Å². The standard InChI is InChI=1S/C13H20N4O4S2/c1-9(12(18)15-13(14)19)17-6-4-10(5-7-17)16-23(20,21)11-3-2-8-22-11/h2-3,8-10,16H,4-7H2,1H3,(H3,14,15,18,19). The molecular formula is C13H20N4O4S2. The van der Waals surface area contributed by atoms with E-state index in [4.69, 9.17) is 5.73 Å². The van der Waals surface area contributed by atoms with Gasteiger partial charge in [0.1, 0.15) is 4.21 Å². The van der Waals surface area contributed by atoms with E-state index in [1.54, 1.807) is 24.4 Å². The van der Waals surface area contributed by atoms with Crippen LogP contribution in [0.25, 0.3) is 0 Å². The molecule has 0 bridgehead atoms. The molecule has 8 nitrogen and oxygen atoms in total. The number of nitrogens with two attached hydrogens (primary N) is 1. The number of amides is 3. The van der Waals surface area contributed by atoms with Gasteiger partial charge in [-0.05, 0) is 31.2 Å². The van der Waals surface area contributed by atoms with E-state index in [0.717, 1.165) is 0 Å². The minimum absolute atomic E-state index is 0.162. The molecule has 4 N–H and O–H groups in total. The van der Waals surface area contributed by atoms with E-state index in [1.807, 2.05) is 4.90 Å². The largest absolute Gasteiger partial charge is 0.351 e. The van der Waals surface area contributed by atoms with Gasteiger partial charge in [0.05, 0.1) is 6.04 Å². The second kappa shape index (κ2) is 7.39. The summed E-state index contributed by atoms with van der Waals surface area (Å²) in [5.41, 5.74) is 4.93. The average Bonchev–Trinajstić information content (AvgIpc) is 3.01. The van der Waals surface area contributed by atoms with E-state index in [1.165, 1.54) is 11.3 Å². The van der Waals surface area contributed by atoms with Crippen LogP contribution in [0.15, 0.2) is 21.7 Å². The molecule has 128 valence electrons. The summed E-state index contributed by atoms with van der Waals surface area (Å²) in [5.74, 6) is -0.449. The summed E-state index contributed by atoms with van der Waals surface area (Å²) in [7, 11) is -3.48. The first kappa shape index (κ1) is 17.9. The zero-order chi connectivity index (χ0) is 17.0. The van der Waals surface area contributed by atoms with Crippen LogP contribution in [0.4, 0.5) is 4.79 Å². The van der Waals surface area contributed by atoms with Gasteiger partial charge in [0, 0.05) is 19.1 Å². The van der Waals surface area contributed by atoms with Gasteiger partial charge in [-0.3, -0.25) is 15.0 Å². The maximum Gasteiger partial charge on any atom is 0.318 e. The van der Waals surface area contributed by atoms with Gasteiger partial charge in [-0.25, -0.2) is 17.9 Å². The summed E-state index contributed by atoms with van der Waals surface area (Å²) < 4.78 is 27.4. The van der Waals surface area contributed by atoms with Crippen LogP contribution < -0.4 is 15.8 Å². The van der Waals surface area contributed by atoms with Crippen molar-refractivity contribution in [3.8, 4) is 0 Å². The van der Waals surface area contributed by atoms with Crippen molar-refractivity contribution in [3.05, 3.63) is 17.5 Å². The molecule has 0 saturated carbocycles. The minimum atomic E-state index is -3.48. The molecule has 1 aromatic rings. The van der Waals surface area contributed by atoms with E-state index in [9.17, 15) is 18.0 Å². The summed E-state index contributed by atoms with van der Waals surface area (Å²) in [4.78, 5) is 24.4. The van der Waals surface area contributed by atoms with Crippen LogP contribution in [-0.4, -0.2) is 50.4 Å². The van der Waals surface area contributed by atoms with Crippen molar-refractivity contribution >= 4 is 33.3 Å². The number of nitrogens with zero attached hydrogens (tertiary/aromatic N) is 1. The molecule has 1 saturated heterocycles. The van der Waals surface area contributed by atoms with E-state index < -0.39 is 28.0 Å². The fraction of sp³-hybridized carbons (Fsp3) is 0.538. The molecule has 1 unspecified atom stereocenters. The molecule has 10 heteroatoms. The Morgan fingerprint density at radius 3 is 2.57 bits per heavy atom. The number of primary amides is 1. The lowest BCUT2D eigenvalue weighted by Crippen LogP contribution is -2.53. The first-order valence-corrected chi connectivity index (χ1v) is 9.56. The SMILES string of the molecule is CC(C(=O)NC(N)=O)N1CCC(NS(=O)(=O)c2cccs2)CC1. The molecule has 1 atom stereocenters. The van der Waals surface area contributed by atoms with Crippen molar-refractivity contribution in [3.63, 3.8) is 0 Å².